The Labute approximate surface area is 177 Å². The number of halogens is 2. The van der Waals surface area contributed by atoms with E-state index in [-0.39, 0.29) is 5.82 Å². The highest BCUT2D eigenvalue weighted by molar-refractivity contribution is 6.33. The van der Waals surface area contributed by atoms with Gasteiger partial charge >= 0.3 is 0 Å². The van der Waals surface area contributed by atoms with E-state index in [9.17, 15) is 4.39 Å². The van der Waals surface area contributed by atoms with Gasteiger partial charge in [0.05, 0.1) is 5.69 Å². The molecule has 2 aromatic carbocycles. The molecule has 1 aromatic heterocycles. The fraction of sp³-hybridized carbons (Fsp3) is 0.240. The summed E-state index contributed by atoms with van der Waals surface area (Å²) < 4.78 is 13.9. The molecule has 0 aliphatic heterocycles. The van der Waals surface area contributed by atoms with Crippen LogP contribution in [0.2, 0.25) is 5.02 Å². The second-order valence-electron chi connectivity index (χ2n) is 7.25. The highest BCUT2D eigenvalue weighted by Gasteiger charge is 2.13. The van der Waals surface area contributed by atoms with Crippen LogP contribution < -0.4 is 5.32 Å². The minimum absolute atomic E-state index is 0.261. The molecule has 0 fully saturated rings. The van der Waals surface area contributed by atoms with Crippen molar-refractivity contribution < 1.29 is 4.39 Å². The third-order valence-corrected chi connectivity index (χ3v) is 5.48. The molecule has 2 nitrogen and oxygen atoms in total. The summed E-state index contributed by atoms with van der Waals surface area (Å²) >= 11 is 6.37. The van der Waals surface area contributed by atoms with Crippen LogP contribution in [0.3, 0.4) is 0 Å². The van der Waals surface area contributed by atoms with Crippen molar-refractivity contribution in [2.75, 3.05) is 5.32 Å². The van der Waals surface area contributed by atoms with Gasteiger partial charge in [0, 0.05) is 33.2 Å². The summed E-state index contributed by atoms with van der Waals surface area (Å²) in [5, 5.41) is 4.05. The van der Waals surface area contributed by atoms with Gasteiger partial charge in [-0.1, -0.05) is 55.8 Å². The van der Waals surface area contributed by atoms with Gasteiger partial charge in [-0.15, -0.1) is 0 Å². The van der Waals surface area contributed by atoms with Crippen molar-refractivity contribution in [2.45, 2.75) is 40.0 Å². The SMILES string of the molecule is C=C(Nc1cc(-c2ccccc2Cl)nc(C)c1C)c1cc(F)ccc1CCCC. The van der Waals surface area contributed by atoms with E-state index in [4.69, 9.17) is 16.6 Å². The van der Waals surface area contributed by atoms with Crippen LogP contribution in [0, 0.1) is 19.7 Å². The molecule has 0 atom stereocenters. The first kappa shape index (κ1) is 21.1. The van der Waals surface area contributed by atoms with Gasteiger partial charge in [0.1, 0.15) is 5.82 Å². The Bertz CT molecular complexity index is 1040. The fourth-order valence-electron chi connectivity index (χ4n) is 3.32. The molecule has 0 bridgehead atoms. The van der Waals surface area contributed by atoms with Crippen LogP contribution in [0.5, 0.6) is 0 Å². The molecule has 0 spiro atoms. The summed E-state index contributed by atoms with van der Waals surface area (Å²) in [7, 11) is 0. The van der Waals surface area contributed by atoms with Crippen LogP contribution >= 0.6 is 11.6 Å². The molecule has 0 radical (unpaired) electrons. The molecule has 1 N–H and O–H groups in total. The third-order valence-electron chi connectivity index (χ3n) is 5.15. The molecular weight excluding hydrogens is 383 g/mol. The summed E-state index contributed by atoms with van der Waals surface area (Å²) in [6.07, 6.45) is 3.03. The smallest absolute Gasteiger partial charge is 0.123 e. The number of aryl methyl sites for hydroxylation is 2. The highest BCUT2D eigenvalue weighted by atomic mass is 35.5. The molecular formula is C25H26ClFN2. The van der Waals surface area contributed by atoms with E-state index in [1.54, 1.807) is 6.07 Å². The molecule has 29 heavy (non-hydrogen) atoms. The van der Waals surface area contributed by atoms with Crippen LogP contribution in [0.4, 0.5) is 10.1 Å². The number of anilines is 1. The second kappa shape index (κ2) is 9.23. The van der Waals surface area contributed by atoms with E-state index in [1.807, 2.05) is 50.2 Å². The van der Waals surface area contributed by atoms with Crippen LogP contribution in [0.1, 0.15) is 42.1 Å². The normalized spacial score (nSPS) is 10.8. The Kier molecular flexibility index (Phi) is 6.71. The van der Waals surface area contributed by atoms with Crippen molar-refractivity contribution in [3.8, 4) is 11.3 Å². The summed E-state index contributed by atoms with van der Waals surface area (Å²) in [5.41, 5.74) is 7.07. The van der Waals surface area contributed by atoms with Crippen molar-refractivity contribution in [1.29, 1.82) is 0 Å². The van der Waals surface area contributed by atoms with Crippen molar-refractivity contribution in [1.82, 2.24) is 4.98 Å². The van der Waals surface area contributed by atoms with E-state index in [0.717, 1.165) is 58.6 Å². The zero-order chi connectivity index (χ0) is 21.0. The average molecular weight is 409 g/mol. The van der Waals surface area contributed by atoms with Gasteiger partial charge in [-0.2, -0.15) is 0 Å². The third kappa shape index (κ3) is 4.86. The molecule has 0 aliphatic carbocycles. The molecule has 0 unspecified atom stereocenters. The number of aromatic nitrogens is 1. The van der Waals surface area contributed by atoms with Crippen LogP contribution in [-0.4, -0.2) is 4.98 Å². The van der Waals surface area contributed by atoms with E-state index in [2.05, 4.69) is 18.8 Å². The summed E-state index contributed by atoms with van der Waals surface area (Å²) in [6.45, 7) is 10.3. The minimum atomic E-state index is -0.261. The van der Waals surface area contributed by atoms with Gasteiger partial charge in [0.15, 0.2) is 0 Å². The maximum atomic E-state index is 13.9. The Balaban J connectivity index is 1.97. The first-order valence-electron chi connectivity index (χ1n) is 9.88. The summed E-state index contributed by atoms with van der Waals surface area (Å²) in [6, 6.07) is 14.5. The highest BCUT2D eigenvalue weighted by Crippen LogP contribution is 2.32. The van der Waals surface area contributed by atoms with Gasteiger partial charge in [-0.25, -0.2) is 4.39 Å². The maximum Gasteiger partial charge on any atom is 0.123 e. The lowest BCUT2D eigenvalue weighted by atomic mass is 9.99. The minimum Gasteiger partial charge on any atom is -0.355 e. The second-order valence-corrected chi connectivity index (χ2v) is 7.66. The van der Waals surface area contributed by atoms with Crippen LogP contribution in [0.25, 0.3) is 17.0 Å². The quantitative estimate of drug-likeness (QED) is 0.435. The van der Waals surface area contributed by atoms with Crippen LogP contribution in [0.15, 0.2) is 55.1 Å². The summed E-state index contributed by atoms with van der Waals surface area (Å²) in [5.74, 6) is -0.261. The fourth-order valence-corrected chi connectivity index (χ4v) is 3.55. The first-order chi connectivity index (χ1) is 13.9. The predicted molar refractivity (Wildman–Crippen MR) is 122 cm³/mol. The number of nitrogens with one attached hydrogen (secondary N) is 1. The molecule has 3 aromatic rings. The van der Waals surface area contributed by atoms with E-state index in [1.165, 1.54) is 6.07 Å². The number of hydrogen-bond donors (Lipinski definition) is 1. The van der Waals surface area contributed by atoms with Gasteiger partial charge in [0.2, 0.25) is 0 Å². The molecule has 0 saturated carbocycles. The Morgan fingerprint density at radius 3 is 2.62 bits per heavy atom. The number of nitrogens with zero attached hydrogens (tertiary/aromatic N) is 1. The van der Waals surface area contributed by atoms with Gasteiger partial charge < -0.3 is 5.32 Å². The maximum absolute atomic E-state index is 13.9. The van der Waals surface area contributed by atoms with E-state index < -0.39 is 0 Å². The van der Waals surface area contributed by atoms with Crippen LogP contribution in [-0.2, 0) is 6.42 Å². The van der Waals surface area contributed by atoms with Gasteiger partial charge in [-0.05, 0) is 62.1 Å². The molecule has 3 rings (SSSR count). The number of rotatable bonds is 7. The molecule has 150 valence electrons. The van der Waals surface area contributed by atoms with Gasteiger partial charge in [0.25, 0.3) is 0 Å². The lowest BCUT2D eigenvalue weighted by molar-refractivity contribution is 0.626. The number of hydrogen-bond acceptors (Lipinski definition) is 2. The average Bonchev–Trinajstić information content (AvgIpc) is 2.70. The van der Waals surface area contributed by atoms with Crippen molar-refractivity contribution in [3.63, 3.8) is 0 Å². The monoisotopic (exact) mass is 408 g/mol. The predicted octanol–water partition coefficient (Wildman–Crippen LogP) is 7.58. The number of pyridine rings is 1. The number of unbranched alkanes of at least 4 members (excludes halogenated alkanes) is 1. The zero-order valence-corrected chi connectivity index (χ0v) is 17.9. The Morgan fingerprint density at radius 1 is 1.14 bits per heavy atom. The van der Waals surface area contributed by atoms with Crippen molar-refractivity contribution in [3.05, 3.63) is 88.3 Å². The zero-order valence-electron chi connectivity index (χ0n) is 17.2. The standard InChI is InChI=1S/C25H26ClFN2/c1-5-6-9-19-12-13-20(27)14-22(19)18(4)29-24-15-25(28-17(3)16(24)2)21-10-7-8-11-23(21)26/h7-8,10-15H,4-6,9H2,1-3H3,(H,28,29). The first-order valence-corrected chi connectivity index (χ1v) is 10.3. The van der Waals surface area contributed by atoms with E-state index >= 15 is 0 Å². The van der Waals surface area contributed by atoms with Crippen molar-refractivity contribution in [2.24, 2.45) is 0 Å². The Morgan fingerprint density at radius 2 is 1.90 bits per heavy atom. The Hall–Kier alpha value is -2.65. The van der Waals surface area contributed by atoms with E-state index in [0.29, 0.717) is 10.7 Å². The molecule has 1 heterocycles. The molecule has 0 amide bonds. The van der Waals surface area contributed by atoms with Gasteiger partial charge in [-0.3, -0.25) is 4.98 Å². The lowest BCUT2D eigenvalue weighted by Gasteiger charge is -2.18. The number of benzene rings is 2. The molecule has 4 heteroatoms. The topological polar surface area (TPSA) is 24.9 Å². The largest absolute Gasteiger partial charge is 0.355 e. The van der Waals surface area contributed by atoms with Crippen molar-refractivity contribution >= 4 is 23.0 Å². The molecule has 0 aliphatic rings. The lowest BCUT2D eigenvalue weighted by Crippen LogP contribution is -2.05. The summed E-state index contributed by atoms with van der Waals surface area (Å²) in [4.78, 5) is 4.70. The molecule has 0 saturated heterocycles.